The van der Waals surface area contributed by atoms with Crippen LogP contribution in [0.15, 0.2) is 42.5 Å². The first-order valence-electron chi connectivity index (χ1n) is 6.15. The predicted molar refractivity (Wildman–Crippen MR) is 79.4 cm³/mol. The molecular formula is C16H18ClN. The van der Waals surface area contributed by atoms with Gasteiger partial charge in [-0.25, -0.2) is 0 Å². The van der Waals surface area contributed by atoms with Crippen molar-refractivity contribution in [1.82, 2.24) is 0 Å². The fraction of sp³-hybridized carbons (Fsp3) is 0.250. The van der Waals surface area contributed by atoms with Crippen LogP contribution in [-0.2, 0) is 0 Å². The van der Waals surface area contributed by atoms with Gasteiger partial charge in [0, 0.05) is 6.04 Å². The fourth-order valence-corrected chi connectivity index (χ4v) is 2.28. The molecule has 0 aliphatic heterocycles. The van der Waals surface area contributed by atoms with E-state index < -0.39 is 0 Å². The lowest BCUT2D eigenvalue weighted by Gasteiger charge is -2.17. The van der Waals surface area contributed by atoms with Crippen LogP contribution in [0.2, 0.25) is 5.02 Å². The van der Waals surface area contributed by atoms with Crippen LogP contribution in [0.5, 0.6) is 0 Å². The van der Waals surface area contributed by atoms with Gasteiger partial charge in [0.2, 0.25) is 0 Å². The first kappa shape index (κ1) is 13.0. The Bertz CT molecular complexity index is 549. The number of anilines is 1. The maximum atomic E-state index is 6.23. The van der Waals surface area contributed by atoms with E-state index in [-0.39, 0.29) is 6.04 Å². The molecule has 2 rings (SSSR count). The van der Waals surface area contributed by atoms with E-state index >= 15 is 0 Å². The molecule has 0 saturated carbocycles. The van der Waals surface area contributed by atoms with Crippen molar-refractivity contribution in [3.05, 3.63) is 64.2 Å². The van der Waals surface area contributed by atoms with Crippen LogP contribution in [0.3, 0.4) is 0 Å². The Labute approximate surface area is 114 Å². The van der Waals surface area contributed by atoms with Gasteiger partial charge in [-0.15, -0.1) is 0 Å². The molecule has 2 aromatic rings. The first-order valence-corrected chi connectivity index (χ1v) is 6.53. The average molecular weight is 260 g/mol. The second-order valence-corrected chi connectivity index (χ2v) is 5.17. The minimum atomic E-state index is 0.241. The molecule has 0 fully saturated rings. The maximum Gasteiger partial charge on any atom is 0.0640 e. The summed E-state index contributed by atoms with van der Waals surface area (Å²) in [7, 11) is 0. The van der Waals surface area contributed by atoms with E-state index in [0.29, 0.717) is 0 Å². The molecule has 0 radical (unpaired) electrons. The SMILES string of the molecule is Cc1cccc(C(C)Nc2ccc(C)cc2Cl)c1. The number of aryl methyl sites for hydroxylation is 2. The number of hydrogen-bond acceptors (Lipinski definition) is 1. The second-order valence-electron chi connectivity index (χ2n) is 4.76. The van der Waals surface area contributed by atoms with Gasteiger partial charge in [-0.1, -0.05) is 47.5 Å². The van der Waals surface area contributed by atoms with Gasteiger partial charge in [0.15, 0.2) is 0 Å². The highest BCUT2D eigenvalue weighted by atomic mass is 35.5. The van der Waals surface area contributed by atoms with Crippen LogP contribution >= 0.6 is 11.6 Å². The van der Waals surface area contributed by atoms with Crippen molar-refractivity contribution in [3.63, 3.8) is 0 Å². The van der Waals surface area contributed by atoms with E-state index in [4.69, 9.17) is 11.6 Å². The first-order chi connectivity index (χ1) is 8.56. The van der Waals surface area contributed by atoms with Crippen molar-refractivity contribution in [2.24, 2.45) is 0 Å². The van der Waals surface area contributed by atoms with Gasteiger partial charge in [-0.2, -0.15) is 0 Å². The van der Waals surface area contributed by atoms with E-state index in [2.05, 4.69) is 49.5 Å². The molecule has 0 heterocycles. The Hall–Kier alpha value is -1.47. The number of nitrogens with one attached hydrogen (secondary N) is 1. The van der Waals surface area contributed by atoms with E-state index in [9.17, 15) is 0 Å². The highest BCUT2D eigenvalue weighted by Gasteiger charge is 2.07. The third-order valence-electron chi connectivity index (χ3n) is 3.04. The van der Waals surface area contributed by atoms with Crippen molar-refractivity contribution in [2.75, 3.05) is 5.32 Å². The topological polar surface area (TPSA) is 12.0 Å². The van der Waals surface area contributed by atoms with Gasteiger partial charge in [-0.3, -0.25) is 0 Å². The zero-order valence-electron chi connectivity index (χ0n) is 11.0. The molecule has 0 saturated heterocycles. The van der Waals surface area contributed by atoms with Crippen LogP contribution in [0, 0.1) is 13.8 Å². The number of benzene rings is 2. The fourth-order valence-electron chi connectivity index (χ4n) is 1.99. The van der Waals surface area contributed by atoms with Crippen molar-refractivity contribution in [2.45, 2.75) is 26.8 Å². The molecule has 2 aromatic carbocycles. The standard InChI is InChI=1S/C16H18ClN/c1-11-5-4-6-14(9-11)13(3)18-16-8-7-12(2)10-15(16)17/h4-10,13,18H,1-3H3. The van der Waals surface area contributed by atoms with Crippen LogP contribution in [0.4, 0.5) is 5.69 Å². The smallest absolute Gasteiger partial charge is 0.0640 e. The van der Waals surface area contributed by atoms with Gasteiger partial charge in [0.25, 0.3) is 0 Å². The predicted octanol–water partition coefficient (Wildman–Crippen LogP) is 5.13. The molecule has 1 N–H and O–H groups in total. The summed E-state index contributed by atoms with van der Waals surface area (Å²) in [5.41, 5.74) is 4.70. The average Bonchev–Trinajstić information content (AvgIpc) is 2.32. The van der Waals surface area contributed by atoms with Gasteiger partial charge in [0.1, 0.15) is 0 Å². The maximum absolute atomic E-state index is 6.23. The Morgan fingerprint density at radius 1 is 1.00 bits per heavy atom. The summed E-state index contributed by atoms with van der Waals surface area (Å²) in [6, 6.07) is 14.8. The van der Waals surface area contributed by atoms with Crippen LogP contribution < -0.4 is 5.32 Å². The van der Waals surface area contributed by atoms with E-state index in [1.807, 2.05) is 19.1 Å². The molecule has 0 aliphatic rings. The van der Waals surface area contributed by atoms with Crippen LogP contribution in [0.1, 0.15) is 29.7 Å². The molecule has 0 spiro atoms. The molecule has 1 unspecified atom stereocenters. The molecular weight excluding hydrogens is 242 g/mol. The van der Waals surface area contributed by atoms with Crippen molar-refractivity contribution < 1.29 is 0 Å². The van der Waals surface area contributed by atoms with E-state index in [1.165, 1.54) is 16.7 Å². The lowest BCUT2D eigenvalue weighted by atomic mass is 10.1. The summed E-state index contributed by atoms with van der Waals surface area (Å²) < 4.78 is 0. The van der Waals surface area contributed by atoms with Gasteiger partial charge in [0.05, 0.1) is 10.7 Å². The molecule has 94 valence electrons. The molecule has 0 aliphatic carbocycles. The Kier molecular flexibility index (Phi) is 3.93. The lowest BCUT2D eigenvalue weighted by molar-refractivity contribution is 0.883. The quantitative estimate of drug-likeness (QED) is 0.806. The van der Waals surface area contributed by atoms with Crippen LogP contribution in [0.25, 0.3) is 0 Å². The summed E-state index contributed by atoms with van der Waals surface area (Å²) in [6.07, 6.45) is 0. The molecule has 1 nitrogen and oxygen atoms in total. The van der Waals surface area contributed by atoms with Crippen molar-refractivity contribution >= 4 is 17.3 Å². The van der Waals surface area contributed by atoms with Gasteiger partial charge >= 0.3 is 0 Å². The number of hydrogen-bond donors (Lipinski definition) is 1. The molecule has 0 bridgehead atoms. The van der Waals surface area contributed by atoms with Crippen molar-refractivity contribution in [1.29, 1.82) is 0 Å². The van der Waals surface area contributed by atoms with E-state index in [1.54, 1.807) is 0 Å². The zero-order valence-corrected chi connectivity index (χ0v) is 11.8. The van der Waals surface area contributed by atoms with Crippen molar-refractivity contribution in [3.8, 4) is 0 Å². The number of halogens is 1. The highest BCUT2D eigenvalue weighted by molar-refractivity contribution is 6.33. The van der Waals surface area contributed by atoms with Gasteiger partial charge in [-0.05, 0) is 44.0 Å². The van der Waals surface area contributed by atoms with Gasteiger partial charge < -0.3 is 5.32 Å². The number of rotatable bonds is 3. The summed E-state index contributed by atoms with van der Waals surface area (Å²) in [5, 5.41) is 4.22. The molecule has 1 atom stereocenters. The minimum Gasteiger partial charge on any atom is -0.377 e. The Morgan fingerprint density at radius 3 is 2.39 bits per heavy atom. The molecule has 18 heavy (non-hydrogen) atoms. The second kappa shape index (κ2) is 5.45. The molecule has 0 amide bonds. The lowest BCUT2D eigenvalue weighted by Crippen LogP contribution is -2.07. The Balaban J connectivity index is 2.18. The van der Waals surface area contributed by atoms with Crippen LogP contribution in [-0.4, -0.2) is 0 Å². The third kappa shape index (κ3) is 3.05. The minimum absolute atomic E-state index is 0.241. The molecule has 2 heteroatoms. The Morgan fingerprint density at radius 2 is 1.72 bits per heavy atom. The largest absolute Gasteiger partial charge is 0.377 e. The highest BCUT2D eigenvalue weighted by Crippen LogP contribution is 2.27. The summed E-state index contributed by atoms with van der Waals surface area (Å²) in [4.78, 5) is 0. The molecule has 0 aromatic heterocycles. The third-order valence-corrected chi connectivity index (χ3v) is 3.35. The summed E-state index contributed by atoms with van der Waals surface area (Å²) in [6.45, 7) is 6.29. The summed E-state index contributed by atoms with van der Waals surface area (Å²) >= 11 is 6.23. The zero-order chi connectivity index (χ0) is 13.1. The normalized spacial score (nSPS) is 12.2. The summed E-state index contributed by atoms with van der Waals surface area (Å²) in [5.74, 6) is 0. The monoisotopic (exact) mass is 259 g/mol. The van der Waals surface area contributed by atoms with E-state index in [0.717, 1.165) is 10.7 Å².